The molecule has 1 aliphatic rings. The first-order valence-electron chi connectivity index (χ1n) is 7.29. The molecule has 2 aromatic rings. The van der Waals surface area contributed by atoms with Crippen molar-refractivity contribution in [1.29, 1.82) is 0 Å². The molecule has 1 saturated heterocycles. The predicted molar refractivity (Wildman–Crippen MR) is 86.0 cm³/mol. The van der Waals surface area contributed by atoms with Crippen LogP contribution in [0.4, 0.5) is 0 Å². The number of piperidine rings is 1. The number of thiazole rings is 1. The van der Waals surface area contributed by atoms with Crippen LogP contribution in [0.3, 0.4) is 0 Å². The standard InChI is InChI=1S/C17H16N2O2S/c20-14-7-3-2-6-13(14)8-9-16-18-12-15(22-16)17(21)19-10-4-1-5-11-19/h2-3,6-7,12,20H,1,4-5,10-11H2. The normalized spacial score (nSPS) is 14.3. The molecule has 1 N–H and O–H groups in total. The minimum absolute atomic E-state index is 0.0489. The van der Waals surface area contributed by atoms with Crippen LogP contribution in [0.25, 0.3) is 0 Å². The number of hydrogen-bond donors (Lipinski definition) is 1. The Bertz CT molecular complexity index is 736. The van der Waals surface area contributed by atoms with Gasteiger partial charge >= 0.3 is 0 Å². The van der Waals surface area contributed by atoms with Crippen molar-refractivity contribution in [2.45, 2.75) is 19.3 Å². The van der Waals surface area contributed by atoms with Crippen LogP contribution in [-0.4, -0.2) is 34.0 Å². The number of benzene rings is 1. The Kier molecular flexibility index (Phi) is 4.40. The minimum atomic E-state index is 0.0489. The zero-order valence-electron chi connectivity index (χ0n) is 12.1. The molecule has 22 heavy (non-hydrogen) atoms. The van der Waals surface area contributed by atoms with Crippen molar-refractivity contribution in [1.82, 2.24) is 9.88 Å². The van der Waals surface area contributed by atoms with Crippen LogP contribution >= 0.6 is 11.3 Å². The van der Waals surface area contributed by atoms with Crippen molar-refractivity contribution in [2.24, 2.45) is 0 Å². The number of likely N-dealkylation sites (tertiary alicyclic amines) is 1. The van der Waals surface area contributed by atoms with E-state index in [1.54, 1.807) is 24.4 Å². The number of carbonyl (C=O) groups is 1. The van der Waals surface area contributed by atoms with Crippen LogP contribution < -0.4 is 0 Å². The second-order valence-electron chi connectivity index (χ2n) is 5.15. The molecule has 0 atom stereocenters. The fourth-order valence-electron chi connectivity index (χ4n) is 2.38. The second-order valence-corrected chi connectivity index (χ2v) is 6.18. The van der Waals surface area contributed by atoms with Gasteiger partial charge in [0.1, 0.15) is 10.6 Å². The number of aromatic nitrogens is 1. The van der Waals surface area contributed by atoms with Crippen LogP contribution in [0.2, 0.25) is 0 Å². The average Bonchev–Trinajstić information content (AvgIpc) is 3.03. The van der Waals surface area contributed by atoms with E-state index in [4.69, 9.17) is 0 Å². The lowest BCUT2D eigenvalue weighted by atomic mass is 10.1. The van der Waals surface area contributed by atoms with Gasteiger partial charge in [-0.3, -0.25) is 4.79 Å². The maximum absolute atomic E-state index is 12.3. The highest BCUT2D eigenvalue weighted by atomic mass is 32.1. The van der Waals surface area contributed by atoms with Gasteiger partial charge in [0.05, 0.1) is 11.8 Å². The van der Waals surface area contributed by atoms with E-state index in [9.17, 15) is 9.90 Å². The molecular formula is C17H16N2O2S. The van der Waals surface area contributed by atoms with E-state index >= 15 is 0 Å². The van der Waals surface area contributed by atoms with Crippen LogP contribution in [0.15, 0.2) is 30.5 Å². The highest BCUT2D eigenvalue weighted by Crippen LogP contribution is 2.19. The highest BCUT2D eigenvalue weighted by Gasteiger charge is 2.19. The van der Waals surface area contributed by atoms with Crippen LogP contribution in [0.5, 0.6) is 5.75 Å². The van der Waals surface area contributed by atoms with E-state index in [0.29, 0.717) is 15.4 Å². The molecule has 4 nitrogen and oxygen atoms in total. The molecule has 0 bridgehead atoms. The number of rotatable bonds is 1. The number of phenols is 1. The lowest BCUT2D eigenvalue weighted by Crippen LogP contribution is -2.35. The Morgan fingerprint density at radius 1 is 1.18 bits per heavy atom. The number of carbonyl (C=O) groups excluding carboxylic acids is 1. The van der Waals surface area contributed by atoms with E-state index in [0.717, 1.165) is 25.9 Å². The first-order chi connectivity index (χ1) is 10.7. The molecule has 2 heterocycles. The molecule has 0 saturated carbocycles. The maximum Gasteiger partial charge on any atom is 0.265 e. The van der Waals surface area contributed by atoms with Crippen molar-refractivity contribution in [2.75, 3.05) is 13.1 Å². The Morgan fingerprint density at radius 2 is 1.95 bits per heavy atom. The van der Waals surface area contributed by atoms with Gasteiger partial charge in [-0.15, -0.1) is 11.3 Å². The fourth-order valence-corrected chi connectivity index (χ4v) is 3.12. The molecule has 3 rings (SSSR count). The molecule has 0 unspecified atom stereocenters. The summed E-state index contributed by atoms with van der Waals surface area (Å²) in [6.07, 6.45) is 4.94. The van der Waals surface area contributed by atoms with Crippen molar-refractivity contribution >= 4 is 17.2 Å². The van der Waals surface area contributed by atoms with E-state index in [1.165, 1.54) is 17.8 Å². The average molecular weight is 312 g/mol. The number of nitrogens with zero attached hydrogens (tertiary/aromatic N) is 2. The van der Waals surface area contributed by atoms with Gasteiger partial charge in [0.2, 0.25) is 0 Å². The summed E-state index contributed by atoms with van der Waals surface area (Å²) in [4.78, 5) is 19.1. The molecular weight excluding hydrogens is 296 g/mol. The van der Waals surface area contributed by atoms with Gasteiger partial charge < -0.3 is 10.0 Å². The first-order valence-corrected chi connectivity index (χ1v) is 8.11. The summed E-state index contributed by atoms with van der Waals surface area (Å²) in [5.74, 6) is 5.99. The van der Waals surface area contributed by atoms with E-state index in [2.05, 4.69) is 16.8 Å². The zero-order valence-corrected chi connectivity index (χ0v) is 12.9. The van der Waals surface area contributed by atoms with Crippen LogP contribution in [0.1, 0.15) is 39.5 Å². The number of para-hydroxylation sites is 1. The number of amides is 1. The third-order valence-corrected chi connectivity index (χ3v) is 4.47. The summed E-state index contributed by atoms with van der Waals surface area (Å²) in [6, 6.07) is 6.91. The first kappa shape index (κ1) is 14.6. The van der Waals surface area contributed by atoms with Gasteiger partial charge in [-0.1, -0.05) is 18.1 Å². The van der Waals surface area contributed by atoms with Crippen molar-refractivity contribution in [3.63, 3.8) is 0 Å². The Balaban J connectivity index is 1.74. The molecule has 5 heteroatoms. The van der Waals surface area contributed by atoms with E-state index in [-0.39, 0.29) is 11.7 Å². The molecule has 1 aromatic heterocycles. The largest absolute Gasteiger partial charge is 0.507 e. The van der Waals surface area contributed by atoms with Crippen molar-refractivity contribution in [3.8, 4) is 17.6 Å². The fraction of sp³-hybridized carbons (Fsp3) is 0.294. The maximum atomic E-state index is 12.3. The lowest BCUT2D eigenvalue weighted by molar-refractivity contribution is 0.0729. The number of aromatic hydroxyl groups is 1. The van der Waals surface area contributed by atoms with Gasteiger partial charge in [-0.25, -0.2) is 4.98 Å². The zero-order chi connectivity index (χ0) is 15.4. The smallest absolute Gasteiger partial charge is 0.265 e. The second kappa shape index (κ2) is 6.63. The summed E-state index contributed by atoms with van der Waals surface area (Å²) in [6.45, 7) is 1.66. The molecule has 1 aromatic carbocycles. The Morgan fingerprint density at radius 3 is 2.73 bits per heavy atom. The van der Waals surface area contributed by atoms with Gasteiger partial charge in [0.15, 0.2) is 5.01 Å². The molecule has 0 spiro atoms. The highest BCUT2D eigenvalue weighted by molar-refractivity contribution is 7.14. The van der Waals surface area contributed by atoms with Crippen molar-refractivity contribution in [3.05, 3.63) is 45.9 Å². The Labute approximate surface area is 133 Å². The molecule has 1 aliphatic heterocycles. The Hall–Kier alpha value is -2.32. The number of phenolic OH excluding ortho intramolecular Hbond substituents is 1. The molecule has 1 fully saturated rings. The van der Waals surface area contributed by atoms with Gasteiger partial charge in [-0.05, 0) is 37.3 Å². The third kappa shape index (κ3) is 3.29. The summed E-state index contributed by atoms with van der Waals surface area (Å²) in [5.41, 5.74) is 0.557. The number of hydrogen-bond acceptors (Lipinski definition) is 4. The van der Waals surface area contributed by atoms with Gasteiger partial charge in [-0.2, -0.15) is 0 Å². The topological polar surface area (TPSA) is 53.4 Å². The van der Waals surface area contributed by atoms with E-state index < -0.39 is 0 Å². The van der Waals surface area contributed by atoms with Gasteiger partial charge in [0.25, 0.3) is 5.91 Å². The molecule has 112 valence electrons. The molecule has 0 aliphatic carbocycles. The van der Waals surface area contributed by atoms with Crippen molar-refractivity contribution < 1.29 is 9.90 Å². The lowest BCUT2D eigenvalue weighted by Gasteiger charge is -2.25. The summed E-state index contributed by atoms with van der Waals surface area (Å²) in [5, 5.41) is 10.3. The van der Waals surface area contributed by atoms with Crippen LogP contribution in [0, 0.1) is 11.8 Å². The summed E-state index contributed by atoms with van der Waals surface area (Å²) in [7, 11) is 0. The SMILES string of the molecule is O=C(c1cnc(C#Cc2ccccc2O)s1)N1CCCCC1. The minimum Gasteiger partial charge on any atom is -0.507 e. The monoisotopic (exact) mass is 312 g/mol. The summed E-state index contributed by atoms with van der Waals surface area (Å²) >= 11 is 1.30. The summed E-state index contributed by atoms with van der Waals surface area (Å²) < 4.78 is 0. The predicted octanol–water partition coefficient (Wildman–Crippen LogP) is 2.87. The molecule has 1 amide bonds. The van der Waals surface area contributed by atoms with E-state index in [1.807, 2.05) is 11.0 Å². The third-order valence-electron chi connectivity index (χ3n) is 3.57. The van der Waals surface area contributed by atoms with Gasteiger partial charge in [0, 0.05) is 13.1 Å². The quantitative estimate of drug-likeness (QED) is 0.824. The molecule has 0 radical (unpaired) electrons. The van der Waals surface area contributed by atoms with Crippen LogP contribution in [-0.2, 0) is 0 Å².